The lowest BCUT2D eigenvalue weighted by atomic mass is 10.2. The fourth-order valence-electron chi connectivity index (χ4n) is 1.27. The summed E-state index contributed by atoms with van der Waals surface area (Å²) in [6.45, 7) is 9.82. The van der Waals surface area contributed by atoms with Gasteiger partial charge in [0.1, 0.15) is 11.5 Å². The highest BCUT2D eigenvalue weighted by Crippen LogP contribution is 2.27. The van der Waals surface area contributed by atoms with Crippen LogP contribution in [0, 0.1) is 11.8 Å². The molecule has 0 atom stereocenters. The van der Waals surface area contributed by atoms with Gasteiger partial charge in [0.15, 0.2) is 0 Å². The van der Waals surface area contributed by atoms with E-state index in [1.54, 1.807) is 0 Å². The number of nitrogens with two attached hydrogens (primary N) is 1. The summed E-state index contributed by atoms with van der Waals surface area (Å²) in [5.41, 5.74) is 6.54. The molecule has 1 rings (SSSR count). The third-order valence-corrected chi connectivity index (χ3v) is 2.14. The summed E-state index contributed by atoms with van der Waals surface area (Å²) in [5.74, 6) is 2.53. The summed E-state index contributed by atoms with van der Waals surface area (Å²) < 4.78 is 11.2. The minimum absolute atomic E-state index is 0. The third-order valence-electron chi connectivity index (χ3n) is 2.14. The van der Waals surface area contributed by atoms with Crippen LogP contribution in [0.1, 0.15) is 27.7 Å². The lowest BCUT2D eigenvalue weighted by molar-refractivity contribution is -0.00000454. The number of hydrogen-bond acceptors (Lipinski definition) is 3. The summed E-state index contributed by atoms with van der Waals surface area (Å²) in [5, 5.41) is 0. The molecule has 18 heavy (non-hydrogen) atoms. The van der Waals surface area contributed by atoms with Gasteiger partial charge in [-0.3, -0.25) is 0 Å². The quantitative estimate of drug-likeness (QED) is 0.760. The molecular formula is C14H23ClNO2-. The highest BCUT2D eigenvalue weighted by atomic mass is 35.5. The average molecular weight is 273 g/mol. The monoisotopic (exact) mass is 272 g/mol. The van der Waals surface area contributed by atoms with Gasteiger partial charge in [0.25, 0.3) is 0 Å². The van der Waals surface area contributed by atoms with Crippen LogP contribution < -0.4 is 27.6 Å². The van der Waals surface area contributed by atoms with Crippen molar-refractivity contribution >= 4 is 5.69 Å². The Hall–Kier alpha value is -1.09. The van der Waals surface area contributed by atoms with Crippen molar-refractivity contribution in [3.8, 4) is 11.5 Å². The van der Waals surface area contributed by atoms with Gasteiger partial charge >= 0.3 is 0 Å². The number of hydrogen-bond donors (Lipinski definition) is 1. The molecule has 0 heterocycles. The molecule has 0 aliphatic heterocycles. The van der Waals surface area contributed by atoms with E-state index >= 15 is 0 Å². The Labute approximate surface area is 116 Å². The largest absolute Gasteiger partial charge is 1.00 e. The Morgan fingerprint density at radius 2 is 1.56 bits per heavy atom. The third kappa shape index (κ3) is 6.01. The van der Waals surface area contributed by atoms with Gasteiger partial charge in [-0.25, -0.2) is 0 Å². The van der Waals surface area contributed by atoms with Gasteiger partial charge in [-0.2, -0.15) is 0 Å². The maximum Gasteiger partial charge on any atom is 0.142 e. The van der Waals surface area contributed by atoms with Crippen LogP contribution in [0.3, 0.4) is 0 Å². The first-order valence-corrected chi connectivity index (χ1v) is 6.14. The molecule has 0 saturated heterocycles. The fourth-order valence-corrected chi connectivity index (χ4v) is 1.27. The molecule has 2 N–H and O–H groups in total. The second kappa shape index (κ2) is 8.09. The van der Waals surface area contributed by atoms with Crippen molar-refractivity contribution in [1.82, 2.24) is 0 Å². The van der Waals surface area contributed by atoms with Crippen LogP contribution in [0.5, 0.6) is 11.5 Å². The van der Waals surface area contributed by atoms with E-state index < -0.39 is 0 Å². The van der Waals surface area contributed by atoms with Crippen molar-refractivity contribution < 1.29 is 21.9 Å². The molecule has 0 aliphatic carbocycles. The van der Waals surface area contributed by atoms with Crippen LogP contribution in [-0.4, -0.2) is 13.2 Å². The van der Waals surface area contributed by atoms with Gasteiger partial charge in [-0.15, -0.1) is 0 Å². The molecule has 3 nitrogen and oxygen atoms in total. The van der Waals surface area contributed by atoms with Crippen molar-refractivity contribution in [2.45, 2.75) is 27.7 Å². The zero-order chi connectivity index (χ0) is 12.8. The van der Waals surface area contributed by atoms with Crippen molar-refractivity contribution in [2.24, 2.45) is 11.8 Å². The van der Waals surface area contributed by atoms with Crippen LogP contribution in [0.2, 0.25) is 0 Å². The molecular weight excluding hydrogens is 250 g/mol. The number of benzene rings is 1. The molecule has 0 amide bonds. The molecule has 0 unspecified atom stereocenters. The Morgan fingerprint density at radius 3 is 2.06 bits per heavy atom. The Balaban J connectivity index is 0.00000289. The zero-order valence-corrected chi connectivity index (χ0v) is 12.3. The standard InChI is InChI=1S/C14H23NO2.ClH/c1-10(2)8-16-12-5-6-14(13(15)7-12)17-9-11(3)4;/h5-7,10-11H,8-9,15H2,1-4H3;1H/p-1. The Kier molecular flexibility index (Phi) is 7.60. The van der Waals surface area contributed by atoms with Gasteiger partial charge in [0, 0.05) is 6.07 Å². The number of halogens is 1. The van der Waals surface area contributed by atoms with E-state index in [0.29, 0.717) is 30.7 Å². The Morgan fingerprint density at radius 1 is 1.00 bits per heavy atom. The molecule has 0 bridgehead atoms. The van der Waals surface area contributed by atoms with Crippen LogP contribution in [0.4, 0.5) is 5.69 Å². The number of anilines is 1. The highest BCUT2D eigenvalue weighted by Gasteiger charge is 2.04. The summed E-state index contributed by atoms with van der Waals surface area (Å²) in [6.07, 6.45) is 0. The predicted molar refractivity (Wildman–Crippen MR) is 71.5 cm³/mol. The van der Waals surface area contributed by atoms with E-state index in [9.17, 15) is 0 Å². The second-order valence-electron chi connectivity index (χ2n) is 5.11. The molecule has 0 saturated carbocycles. The first kappa shape index (κ1) is 16.9. The van der Waals surface area contributed by atoms with E-state index in [1.807, 2.05) is 18.2 Å². The first-order valence-electron chi connectivity index (χ1n) is 6.14. The molecule has 0 spiro atoms. The summed E-state index contributed by atoms with van der Waals surface area (Å²) in [7, 11) is 0. The number of rotatable bonds is 6. The van der Waals surface area contributed by atoms with Gasteiger partial charge in [-0.05, 0) is 24.0 Å². The van der Waals surface area contributed by atoms with Gasteiger partial charge in [-0.1, -0.05) is 27.7 Å². The maximum atomic E-state index is 5.91. The van der Waals surface area contributed by atoms with Crippen LogP contribution in [0.25, 0.3) is 0 Å². The van der Waals surface area contributed by atoms with Gasteiger partial charge < -0.3 is 27.6 Å². The fraction of sp³-hybridized carbons (Fsp3) is 0.571. The van der Waals surface area contributed by atoms with E-state index in [2.05, 4.69) is 27.7 Å². The first-order chi connectivity index (χ1) is 7.99. The van der Waals surface area contributed by atoms with E-state index in [-0.39, 0.29) is 12.4 Å². The summed E-state index contributed by atoms with van der Waals surface area (Å²) in [6, 6.07) is 5.58. The zero-order valence-electron chi connectivity index (χ0n) is 11.6. The van der Waals surface area contributed by atoms with Crippen molar-refractivity contribution in [1.29, 1.82) is 0 Å². The van der Waals surface area contributed by atoms with E-state index in [0.717, 1.165) is 11.5 Å². The van der Waals surface area contributed by atoms with Crippen LogP contribution in [-0.2, 0) is 0 Å². The molecule has 4 heteroatoms. The van der Waals surface area contributed by atoms with E-state index in [4.69, 9.17) is 15.2 Å². The molecule has 0 aromatic heterocycles. The molecule has 0 fully saturated rings. The van der Waals surface area contributed by atoms with Gasteiger partial charge in [0.05, 0.1) is 18.9 Å². The van der Waals surface area contributed by atoms with Gasteiger partial charge in [0.2, 0.25) is 0 Å². The highest BCUT2D eigenvalue weighted by molar-refractivity contribution is 5.56. The van der Waals surface area contributed by atoms with Crippen molar-refractivity contribution in [3.05, 3.63) is 18.2 Å². The van der Waals surface area contributed by atoms with Crippen molar-refractivity contribution in [2.75, 3.05) is 18.9 Å². The van der Waals surface area contributed by atoms with Crippen molar-refractivity contribution in [3.63, 3.8) is 0 Å². The Bertz CT molecular complexity index is 354. The second-order valence-corrected chi connectivity index (χ2v) is 5.11. The lowest BCUT2D eigenvalue weighted by Gasteiger charge is -2.13. The maximum absolute atomic E-state index is 5.91. The molecule has 0 radical (unpaired) electrons. The number of nitrogen functional groups attached to an aromatic ring is 1. The lowest BCUT2D eigenvalue weighted by Crippen LogP contribution is -3.00. The molecule has 1 aromatic carbocycles. The summed E-state index contributed by atoms with van der Waals surface area (Å²) >= 11 is 0. The topological polar surface area (TPSA) is 44.5 Å². The minimum atomic E-state index is 0. The van der Waals surface area contributed by atoms with Crippen LogP contribution >= 0.6 is 0 Å². The molecule has 1 aromatic rings. The molecule has 0 aliphatic rings. The van der Waals surface area contributed by atoms with Crippen LogP contribution in [0.15, 0.2) is 18.2 Å². The van der Waals surface area contributed by atoms with E-state index in [1.165, 1.54) is 0 Å². The molecule has 104 valence electrons. The average Bonchev–Trinajstić information content (AvgIpc) is 2.24. The predicted octanol–water partition coefficient (Wildman–Crippen LogP) is 0.342. The number of ether oxygens (including phenoxy) is 2. The smallest absolute Gasteiger partial charge is 0.142 e. The SMILES string of the molecule is CC(C)COc1ccc(OCC(C)C)c(N)c1.[Cl-]. The summed E-state index contributed by atoms with van der Waals surface area (Å²) in [4.78, 5) is 0. The minimum Gasteiger partial charge on any atom is -1.00 e. The normalized spacial score (nSPS) is 10.3.